The van der Waals surface area contributed by atoms with Gasteiger partial charge in [-0.3, -0.25) is 9.59 Å². The van der Waals surface area contributed by atoms with Crippen molar-refractivity contribution in [2.45, 2.75) is 57.4 Å². The molecule has 2 aliphatic heterocycles. The molecule has 2 N–H and O–H groups in total. The van der Waals surface area contributed by atoms with Crippen molar-refractivity contribution in [1.29, 1.82) is 0 Å². The summed E-state index contributed by atoms with van der Waals surface area (Å²) in [5.74, 6) is 0.606. The van der Waals surface area contributed by atoms with Crippen LogP contribution in [0.1, 0.15) is 61.7 Å². The fraction of sp³-hybridized carbons (Fsp3) is 0.636. The number of hydrogen-bond donors (Lipinski definition) is 1. The summed E-state index contributed by atoms with van der Waals surface area (Å²) in [5.41, 5.74) is 7.35. The Morgan fingerprint density at radius 3 is 2.30 bits per heavy atom. The van der Waals surface area contributed by atoms with Gasteiger partial charge >= 0.3 is 0 Å². The number of nitrogens with two attached hydrogens (primary N) is 1. The molecule has 1 aromatic carbocycles. The molecule has 4 rings (SSSR count). The van der Waals surface area contributed by atoms with Crippen molar-refractivity contribution in [2.75, 3.05) is 24.5 Å². The minimum absolute atomic E-state index is 0.0724. The van der Waals surface area contributed by atoms with Gasteiger partial charge in [-0.25, -0.2) is 0 Å². The highest BCUT2D eigenvalue weighted by Crippen LogP contribution is 2.36. The Morgan fingerprint density at radius 1 is 0.889 bits per heavy atom. The van der Waals surface area contributed by atoms with Crippen LogP contribution in [-0.4, -0.2) is 42.4 Å². The summed E-state index contributed by atoms with van der Waals surface area (Å²) in [6, 6.07) is 8.40. The van der Waals surface area contributed by atoms with Crippen LogP contribution in [0.3, 0.4) is 0 Å². The second-order valence-electron chi connectivity index (χ2n) is 8.49. The number of carbonyl (C=O) groups is 2. The van der Waals surface area contributed by atoms with Crippen LogP contribution in [-0.2, 0) is 4.79 Å². The molecule has 2 atom stereocenters. The van der Waals surface area contributed by atoms with Crippen LogP contribution in [0.4, 0.5) is 5.69 Å². The number of hydrogen-bond acceptors (Lipinski definition) is 3. The quantitative estimate of drug-likeness (QED) is 0.886. The number of nitrogens with zero attached hydrogens (tertiary/aromatic N) is 2. The third kappa shape index (κ3) is 3.83. The number of amides is 2. The van der Waals surface area contributed by atoms with Gasteiger partial charge in [0.25, 0.3) is 5.91 Å². The molecule has 0 unspecified atom stereocenters. The van der Waals surface area contributed by atoms with Crippen molar-refractivity contribution >= 4 is 17.5 Å². The molecular weight excluding hydrogens is 338 g/mol. The molecule has 0 radical (unpaired) electrons. The third-order valence-electron chi connectivity index (χ3n) is 6.81. The van der Waals surface area contributed by atoms with Crippen molar-refractivity contribution in [3.63, 3.8) is 0 Å². The molecule has 2 saturated heterocycles. The fourth-order valence-electron chi connectivity index (χ4n) is 5.30. The third-order valence-corrected chi connectivity index (χ3v) is 6.81. The minimum atomic E-state index is -0.210. The Morgan fingerprint density at radius 2 is 1.59 bits per heavy atom. The largest absolute Gasteiger partial charge is 0.371 e. The first-order valence-electron chi connectivity index (χ1n) is 10.6. The number of rotatable bonds is 4. The van der Waals surface area contributed by atoms with E-state index in [1.165, 1.54) is 25.7 Å². The standard InChI is InChI=1S/C22H31N3O2/c23-21(26)18-7-3-13-24(15-18)19-11-9-17(10-12-19)22(27)25-14-4-8-20(25)16-5-1-2-6-16/h9-12,16,18,20H,1-8,13-15H2,(H2,23,26)/t18-,20-/m1/s1. The molecule has 1 aliphatic carbocycles. The lowest BCUT2D eigenvalue weighted by Crippen LogP contribution is -2.41. The van der Waals surface area contributed by atoms with Crippen molar-refractivity contribution in [3.05, 3.63) is 29.8 Å². The van der Waals surface area contributed by atoms with Gasteiger partial charge in [0.05, 0.1) is 5.92 Å². The summed E-state index contributed by atoms with van der Waals surface area (Å²) in [6.07, 6.45) is 9.35. The predicted octanol–water partition coefficient (Wildman–Crippen LogP) is 3.18. The van der Waals surface area contributed by atoms with E-state index in [-0.39, 0.29) is 17.7 Å². The number of primary amides is 1. The average molecular weight is 370 g/mol. The smallest absolute Gasteiger partial charge is 0.254 e. The van der Waals surface area contributed by atoms with Crippen LogP contribution in [0.5, 0.6) is 0 Å². The molecule has 0 spiro atoms. The topological polar surface area (TPSA) is 66.6 Å². The van der Waals surface area contributed by atoms with E-state index < -0.39 is 0 Å². The number of benzene rings is 1. The van der Waals surface area contributed by atoms with Crippen molar-refractivity contribution in [1.82, 2.24) is 4.90 Å². The highest BCUT2D eigenvalue weighted by atomic mass is 16.2. The number of anilines is 1. The van der Waals surface area contributed by atoms with E-state index >= 15 is 0 Å². The van der Waals surface area contributed by atoms with Gasteiger partial charge in [0.15, 0.2) is 0 Å². The van der Waals surface area contributed by atoms with Crippen molar-refractivity contribution in [3.8, 4) is 0 Å². The molecule has 1 saturated carbocycles. The Labute approximate surface area is 161 Å². The monoisotopic (exact) mass is 369 g/mol. The maximum absolute atomic E-state index is 13.1. The van der Waals surface area contributed by atoms with Crippen LogP contribution in [0.15, 0.2) is 24.3 Å². The lowest BCUT2D eigenvalue weighted by molar-refractivity contribution is -0.122. The zero-order chi connectivity index (χ0) is 18.8. The molecule has 1 aromatic rings. The molecule has 2 heterocycles. The second-order valence-corrected chi connectivity index (χ2v) is 8.49. The van der Waals surface area contributed by atoms with Gasteiger partial charge < -0.3 is 15.5 Å². The molecule has 0 aromatic heterocycles. The SMILES string of the molecule is NC(=O)[C@@H]1CCCN(c2ccc(C(=O)N3CCC[C@@H]3C3CCCC3)cc2)C1. The van der Waals surface area contributed by atoms with Crippen molar-refractivity contribution < 1.29 is 9.59 Å². The van der Waals surface area contributed by atoms with E-state index in [2.05, 4.69) is 9.80 Å². The maximum Gasteiger partial charge on any atom is 0.254 e. The number of carbonyl (C=O) groups excluding carboxylic acids is 2. The van der Waals surface area contributed by atoms with Crippen LogP contribution in [0.2, 0.25) is 0 Å². The lowest BCUT2D eigenvalue weighted by Gasteiger charge is -2.33. The van der Waals surface area contributed by atoms with Gasteiger partial charge in [-0.1, -0.05) is 12.8 Å². The van der Waals surface area contributed by atoms with E-state index in [1.54, 1.807) is 0 Å². The summed E-state index contributed by atoms with van der Waals surface area (Å²) in [6.45, 7) is 2.51. The first-order chi connectivity index (χ1) is 13.1. The zero-order valence-corrected chi connectivity index (χ0v) is 16.1. The maximum atomic E-state index is 13.1. The van der Waals surface area contributed by atoms with E-state index in [0.29, 0.717) is 18.5 Å². The summed E-state index contributed by atoms with van der Waals surface area (Å²) in [4.78, 5) is 28.9. The molecular formula is C22H31N3O2. The Bertz CT molecular complexity index is 681. The van der Waals surface area contributed by atoms with Gasteiger partial charge in [0.2, 0.25) is 5.91 Å². The molecule has 5 heteroatoms. The lowest BCUT2D eigenvalue weighted by atomic mass is 9.95. The van der Waals surface area contributed by atoms with E-state index in [4.69, 9.17) is 5.73 Å². The molecule has 0 bridgehead atoms. The summed E-state index contributed by atoms with van der Waals surface area (Å²) < 4.78 is 0. The molecule has 5 nitrogen and oxygen atoms in total. The van der Waals surface area contributed by atoms with Crippen molar-refractivity contribution in [2.24, 2.45) is 17.6 Å². The van der Waals surface area contributed by atoms with Crippen LogP contribution in [0.25, 0.3) is 0 Å². The highest BCUT2D eigenvalue weighted by molar-refractivity contribution is 5.95. The zero-order valence-electron chi connectivity index (χ0n) is 16.1. The summed E-state index contributed by atoms with van der Waals surface area (Å²) in [7, 11) is 0. The van der Waals surface area contributed by atoms with Crippen LogP contribution < -0.4 is 10.6 Å². The molecule has 2 amide bonds. The number of piperidine rings is 1. The van der Waals surface area contributed by atoms with E-state index in [0.717, 1.165) is 50.0 Å². The first kappa shape index (κ1) is 18.3. The number of likely N-dealkylation sites (tertiary alicyclic amines) is 1. The predicted molar refractivity (Wildman–Crippen MR) is 107 cm³/mol. The minimum Gasteiger partial charge on any atom is -0.371 e. The van der Waals surface area contributed by atoms with E-state index in [1.807, 2.05) is 24.3 Å². The van der Waals surface area contributed by atoms with Crippen LogP contribution in [0, 0.1) is 11.8 Å². The Hall–Kier alpha value is -2.04. The summed E-state index contributed by atoms with van der Waals surface area (Å²) in [5, 5.41) is 0. The second kappa shape index (κ2) is 7.91. The Kier molecular flexibility index (Phi) is 5.37. The average Bonchev–Trinajstić information content (AvgIpc) is 3.39. The molecule has 3 fully saturated rings. The fourth-order valence-corrected chi connectivity index (χ4v) is 5.30. The van der Waals surface area contributed by atoms with Gasteiger partial charge in [-0.2, -0.15) is 0 Å². The molecule has 27 heavy (non-hydrogen) atoms. The molecule has 3 aliphatic rings. The molecule has 146 valence electrons. The normalized spacial score (nSPS) is 26.5. The highest BCUT2D eigenvalue weighted by Gasteiger charge is 2.36. The van der Waals surface area contributed by atoms with Crippen LogP contribution >= 0.6 is 0 Å². The Balaban J connectivity index is 1.44. The summed E-state index contributed by atoms with van der Waals surface area (Å²) >= 11 is 0. The van der Waals surface area contributed by atoms with Gasteiger partial charge in [-0.05, 0) is 68.7 Å². The van der Waals surface area contributed by atoms with E-state index in [9.17, 15) is 9.59 Å². The first-order valence-corrected chi connectivity index (χ1v) is 10.6. The van der Waals surface area contributed by atoms with Gasteiger partial charge in [0.1, 0.15) is 0 Å². The van der Waals surface area contributed by atoms with Gasteiger partial charge in [0, 0.05) is 36.9 Å². The van der Waals surface area contributed by atoms with Gasteiger partial charge in [-0.15, -0.1) is 0 Å².